The van der Waals surface area contributed by atoms with Gasteiger partial charge in [-0.05, 0) is 37.0 Å². The molecule has 0 bridgehead atoms. The van der Waals surface area contributed by atoms with Crippen LogP contribution in [0.15, 0.2) is 35.1 Å². The average Bonchev–Trinajstić information content (AvgIpc) is 3.10. The number of anilines is 1. The lowest BCUT2D eigenvalue weighted by molar-refractivity contribution is 0.489. The van der Waals surface area contributed by atoms with Gasteiger partial charge in [-0.1, -0.05) is 25.8 Å². The summed E-state index contributed by atoms with van der Waals surface area (Å²) in [6, 6.07) is 8.80. The Morgan fingerprint density at radius 1 is 1.37 bits per heavy atom. The molecule has 2 atom stereocenters. The zero-order valence-electron chi connectivity index (χ0n) is 11.2. The summed E-state index contributed by atoms with van der Waals surface area (Å²) in [5.74, 6) is 1.37. The summed E-state index contributed by atoms with van der Waals surface area (Å²) in [6.07, 6.45) is 6.56. The maximum absolute atomic E-state index is 5.24. The Balaban J connectivity index is 1.76. The molecule has 4 nitrogen and oxygen atoms in total. The highest BCUT2D eigenvalue weighted by Gasteiger charge is 2.25. The van der Waals surface area contributed by atoms with Gasteiger partial charge in [-0.2, -0.15) is 0 Å². The molecule has 1 heterocycles. The fourth-order valence-corrected chi connectivity index (χ4v) is 2.97. The molecule has 0 spiro atoms. The van der Waals surface area contributed by atoms with Crippen LogP contribution in [-0.2, 0) is 0 Å². The van der Waals surface area contributed by atoms with E-state index in [1.54, 1.807) is 0 Å². The Hall–Kier alpha value is -1.84. The van der Waals surface area contributed by atoms with Crippen molar-refractivity contribution in [1.29, 1.82) is 0 Å². The summed E-state index contributed by atoms with van der Waals surface area (Å²) in [4.78, 5) is 0. The van der Waals surface area contributed by atoms with Gasteiger partial charge in [0.25, 0.3) is 0 Å². The highest BCUT2D eigenvalue weighted by Crippen LogP contribution is 2.31. The van der Waals surface area contributed by atoms with Crippen molar-refractivity contribution in [2.24, 2.45) is 5.92 Å². The first-order valence-corrected chi connectivity index (χ1v) is 7.00. The van der Waals surface area contributed by atoms with E-state index in [1.807, 2.05) is 12.1 Å². The number of benzene rings is 1. The van der Waals surface area contributed by atoms with Crippen LogP contribution >= 0.6 is 0 Å². The smallest absolute Gasteiger partial charge is 0.247 e. The first-order valence-electron chi connectivity index (χ1n) is 7.00. The van der Waals surface area contributed by atoms with Gasteiger partial charge in [0.15, 0.2) is 0 Å². The first kappa shape index (κ1) is 12.2. The quantitative estimate of drug-likeness (QED) is 0.906. The molecule has 1 saturated carbocycles. The summed E-state index contributed by atoms with van der Waals surface area (Å²) in [7, 11) is 0. The minimum atomic E-state index is 0.571. The number of aromatic nitrogens is 2. The van der Waals surface area contributed by atoms with Crippen molar-refractivity contribution in [1.82, 2.24) is 10.2 Å². The van der Waals surface area contributed by atoms with E-state index in [4.69, 9.17) is 4.42 Å². The third-order valence-electron chi connectivity index (χ3n) is 4.01. The minimum Gasteiger partial charge on any atom is -0.423 e. The second-order valence-electron chi connectivity index (χ2n) is 5.17. The predicted molar refractivity (Wildman–Crippen MR) is 74.8 cm³/mol. The Morgan fingerprint density at radius 3 is 3.11 bits per heavy atom. The SMILES string of the molecule is CCC1CCCC1Nc1cccc(-c2nnco2)c1. The van der Waals surface area contributed by atoms with Gasteiger partial charge in [0.05, 0.1) is 0 Å². The molecular weight excluding hydrogens is 238 g/mol. The lowest BCUT2D eigenvalue weighted by Gasteiger charge is -2.21. The van der Waals surface area contributed by atoms with Crippen LogP contribution in [0.4, 0.5) is 5.69 Å². The van der Waals surface area contributed by atoms with Crippen LogP contribution in [0.5, 0.6) is 0 Å². The van der Waals surface area contributed by atoms with Gasteiger partial charge in [-0.3, -0.25) is 0 Å². The molecule has 1 N–H and O–H groups in total. The van der Waals surface area contributed by atoms with Crippen molar-refractivity contribution < 1.29 is 4.42 Å². The van der Waals surface area contributed by atoms with E-state index in [0.717, 1.165) is 17.2 Å². The van der Waals surface area contributed by atoms with Crippen molar-refractivity contribution in [3.63, 3.8) is 0 Å². The molecule has 19 heavy (non-hydrogen) atoms. The van der Waals surface area contributed by atoms with Crippen molar-refractivity contribution in [2.75, 3.05) is 5.32 Å². The zero-order valence-corrected chi connectivity index (χ0v) is 11.2. The molecule has 1 fully saturated rings. The zero-order chi connectivity index (χ0) is 13.1. The average molecular weight is 257 g/mol. The highest BCUT2D eigenvalue weighted by atomic mass is 16.4. The summed E-state index contributed by atoms with van der Waals surface area (Å²) in [5.41, 5.74) is 2.11. The fraction of sp³-hybridized carbons (Fsp3) is 0.467. The van der Waals surface area contributed by atoms with E-state index in [2.05, 4.69) is 34.6 Å². The van der Waals surface area contributed by atoms with Gasteiger partial charge in [-0.25, -0.2) is 0 Å². The van der Waals surface area contributed by atoms with Gasteiger partial charge in [-0.15, -0.1) is 10.2 Å². The summed E-state index contributed by atoms with van der Waals surface area (Å²) in [5, 5.41) is 11.3. The minimum absolute atomic E-state index is 0.571. The Morgan fingerprint density at radius 2 is 2.32 bits per heavy atom. The molecule has 1 aliphatic rings. The topological polar surface area (TPSA) is 51.0 Å². The molecule has 0 radical (unpaired) electrons. The summed E-state index contributed by atoms with van der Waals surface area (Å²) >= 11 is 0. The van der Waals surface area contributed by atoms with Crippen LogP contribution in [0.1, 0.15) is 32.6 Å². The number of hydrogen-bond acceptors (Lipinski definition) is 4. The fourth-order valence-electron chi connectivity index (χ4n) is 2.97. The number of nitrogens with zero attached hydrogens (tertiary/aromatic N) is 2. The lowest BCUT2D eigenvalue weighted by atomic mass is 10.0. The predicted octanol–water partition coefficient (Wildman–Crippen LogP) is 3.73. The van der Waals surface area contributed by atoms with Crippen molar-refractivity contribution in [3.05, 3.63) is 30.7 Å². The lowest BCUT2D eigenvalue weighted by Crippen LogP contribution is -2.23. The molecule has 1 aromatic heterocycles. The molecular formula is C15H19N3O. The maximum atomic E-state index is 5.24. The maximum Gasteiger partial charge on any atom is 0.247 e. The summed E-state index contributed by atoms with van der Waals surface area (Å²) < 4.78 is 5.24. The van der Waals surface area contributed by atoms with Crippen LogP contribution in [0.3, 0.4) is 0 Å². The van der Waals surface area contributed by atoms with E-state index in [9.17, 15) is 0 Å². The van der Waals surface area contributed by atoms with E-state index in [1.165, 1.54) is 32.1 Å². The molecule has 1 aliphatic carbocycles. The molecule has 3 rings (SSSR count). The molecule has 2 aromatic rings. The molecule has 0 saturated heterocycles. The number of hydrogen-bond donors (Lipinski definition) is 1. The van der Waals surface area contributed by atoms with Crippen LogP contribution < -0.4 is 5.32 Å². The van der Waals surface area contributed by atoms with Crippen molar-refractivity contribution >= 4 is 5.69 Å². The first-order chi connectivity index (χ1) is 9.36. The largest absolute Gasteiger partial charge is 0.423 e. The van der Waals surface area contributed by atoms with Gasteiger partial charge in [0.1, 0.15) is 0 Å². The summed E-state index contributed by atoms with van der Waals surface area (Å²) in [6.45, 7) is 2.28. The molecule has 0 amide bonds. The molecule has 100 valence electrons. The Bertz CT molecular complexity index is 524. The van der Waals surface area contributed by atoms with Gasteiger partial charge >= 0.3 is 0 Å². The number of nitrogens with one attached hydrogen (secondary N) is 1. The van der Waals surface area contributed by atoms with Gasteiger partial charge in [0, 0.05) is 17.3 Å². The van der Waals surface area contributed by atoms with Crippen LogP contribution in [0, 0.1) is 5.92 Å². The Kier molecular flexibility index (Phi) is 3.49. The van der Waals surface area contributed by atoms with Crippen LogP contribution in [0.2, 0.25) is 0 Å². The van der Waals surface area contributed by atoms with Crippen molar-refractivity contribution in [2.45, 2.75) is 38.6 Å². The standard InChI is InChI=1S/C15H19N3O/c1-2-11-5-4-8-14(11)17-13-7-3-6-12(9-13)15-18-16-10-19-15/h3,6-7,9-11,14,17H,2,4-5,8H2,1H3. The Labute approximate surface area is 113 Å². The van der Waals surface area contributed by atoms with Gasteiger partial charge in [0.2, 0.25) is 12.3 Å². The van der Waals surface area contributed by atoms with Crippen LogP contribution in [-0.4, -0.2) is 16.2 Å². The van der Waals surface area contributed by atoms with E-state index >= 15 is 0 Å². The van der Waals surface area contributed by atoms with E-state index in [-0.39, 0.29) is 0 Å². The monoisotopic (exact) mass is 257 g/mol. The molecule has 1 aromatic carbocycles. The van der Waals surface area contributed by atoms with E-state index in [0.29, 0.717) is 11.9 Å². The molecule has 2 unspecified atom stereocenters. The number of rotatable bonds is 4. The third-order valence-corrected chi connectivity index (χ3v) is 4.01. The van der Waals surface area contributed by atoms with E-state index < -0.39 is 0 Å². The van der Waals surface area contributed by atoms with Crippen molar-refractivity contribution in [3.8, 4) is 11.5 Å². The highest BCUT2D eigenvalue weighted by molar-refractivity contribution is 5.61. The van der Waals surface area contributed by atoms with Gasteiger partial charge < -0.3 is 9.73 Å². The normalized spacial score (nSPS) is 22.6. The third kappa shape index (κ3) is 2.62. The molecule has 4 heteroatoms. The second-order valence-corrected chi connectivity index (χ2v) is 5.17. The van der Waals surface area contributed by atoms with Crippen LogP contribution in [0.25, 0.3) is 11.5 Å². The molecule has 0 aliphatic heterocycles. The second kappa shape index (κ2) is 5.43.